The van der Waals surface area contributed by atoms with Gasteiger partial charge in [0.1, 0.15) is 4.21 Å². The minimum absolute atomic E-state index is 0.257. The van der Waals surface area contributed by atoms with Crippen molar-refractivity contribution in [3.63, 3.8) is 0 Å². The van der Waals surface area contributed by atoms with Gasteiger partial charge < -0.3 is 10.6 Å². The summed E-state index contributed by atoms with van der Waals surface area (Å²) in [6, 6.07) is 10.2. The number of hydrogen-bond acceptors (Lipinski definition) is 4. The first-order valence-corrected chi connectivity index (χ1v) is 10.9. The predicted octanol–water partition coefficient (Wildman–Crippen LogP) is 3.43. The largest absolute Gasteiger partial charge is 0.334 e. The van der Waals surface area contributed by atoms with Crippen molar-refractivity contribution in [3.05, 3.63) is 51.9 Å². The van der Waals surface area contributed by atoms with Gasteiger partial charge in [-0.05, 0) is 23.8 Å². The van der Waals surface area contributed by atoms with Crippen molar-refractivity contribution in [1.29, 1.82) is 0 Å². The molecular formula is C17H22ClN3O3S2. The Labute approximate surface area is 163 Å². The molecule has 0 spiro atoms. The van der Waals surface area contributed by atoms with Gasteiger partial charge in [-0.25, -0.2) is 13.2 Å². The van der Waals surface area contributed by atoms with Crippen LogP contribution in [0, 0.1) is 0 Å². The zero-order valence-corrected chi connectivity index (χ0v) is 17.0. The van der Waals surface area contributed by atoms with Crippen molar-refractivity contribution >= 4 is 39.0 Å². The number of amides is 2. The zero-order valence-electron chi connectivity index (χ0n) is 14.7. The molecule has 1 aromatic heterocycles. The van der Waals surface area contributed by atoms with Crippen LogP contribution < -0.4 is 10.6 Å². The zero-order chi connectivity index (χ0) is 19.2. The molecule has 2 rings (SSSR count). The highest BCUT2D eigenvalue weighted by molar-refractivity contribution is 7.91. The minimum Gasteiger partial charge on any atom is -0.334 e. The van der Waals surface area contributed by atoms with Gasteiger partial charge in [0.2, 0.25) is 0 Å². The maximum atomic E-state index is 12.5. The highest BCUT2D eigenvalue weighted by atomic mass is 35.5. The average Bonchev–Trinajstić information content (AvgIpc) is 3.10. The van der Waals surface area contributed by atoms with Gasteiger partial charge in [-0.15, -0.1) is 11.3 Å². The van der Waals surface area contributed by atoms with Gasteiger partial charge in [0, 0.05) is 29.5 Å². The summed E-state index contributed by atoms with van der Waals surface area (Å²) in [5.74, 6) is 0. The van der Waals surface area contributed by atoms with Crippen molar-refractivity contribution in [2.45, 2.75) is 31.1 Å². The molecule has 0 radical (unpaired) electrons. The van der Waals surface area contributed by atoms with Gasteiger partial charge in [0.05, 0.1) is 6.54 Å². The lowest BCUT2D eigenvalue weighted by atomic mass is 10.2. The van der Waals surface area contributed by atoms with Gasteiger partial charge in [0.15, 0.2) is 0 Å². The Hall–Kier alpha value is -1.61. The molecule has 0 aliphatic carbocycles. The summed E-state index contributed by atoms with van der Waals surface area (Å²) in [4.78, 5) is 12.7. The van der Waals surface area contributed by atoms with Crippen molar-refractivity contribution in [2.75, 3.05) is 13.1 Å². The van der Waals surface area contributed by atoms with E-state index in [0.717, 1.165) is 21.8 Å². The number of halogens is 1. The van der Waals surface area contributed by atoms with E-state index >= 15 is 0 Å². The fourth-order valence-corrected chi connectivity index (χ4v) is 5.44. The third kappa shape index (κ3) is 5.20. The van der Waals surface area contributed by atoms with Crippen LogP contribution in [0.15, 0.2) is 40.6 Å². The average molecular weight is 416 g/mol. The summed E-state index contributed by atoms with van der Waals surface area (Å²) in [6.45, 7) is 5.04. The van der Waals surface area contributed by atoms with Crippen LogP contribution in [0.4, 0.5) is 4.79 Å². The number of nitrogens with one attached hydrogen (secondary N) is 2. The summed E-state index contributed by atoms with van der Waals surface area (Å²) < 4.78 is 26.6. The van der Waals surface area contributed by atoms with Crippen LogP contribution in [0.3, 0.4) is 0 Å². The predicted molar refractivity (Wildman–Crippen MR) is 105 cm³/mol. The van der Waals surface area contributed by atoms with E-state index in [0.29, 0.717) is 24.7 Å². The smallest absolute Gasteiger partial charge is 0.315 e. The second kappa shape index (κ2) is 9.36. The fraction of sp³-hybridized carbons (Fsp3) is 0.353. The molecule has 26 heavy (non-hydrogen) atoms. The molecule has 0 saturated carbocycles. The highest BCUT2D eigenvalue weighted by Gasteiger charge is 2.23. The number of rotatable bonds is 8. The third-order valence-electron chi connectivity index (χ3n) is 3.76. The van der Waals surface area contributed by atoms with E-state index in [2.05, 4.69) is 10.6 Å². The van der Waals surface area contributed by atoms with Gasteiger partial charge in [-0.3, -0.25) is 0 Å². The van der Waals surface area contributed by atoms with Crippen LogP contribution in [-0.4, -0.2) is 31.8 Å². The summed E-state index contributed by atoms with van der Waals surface area (Å²) >= 11 is 7.21. The topological polar surface area (TPSA) is 78.5 Å². The molecule has 0 saturated heterocycles. The first-order chi connectivity index (χ1) is 12.4. The number of benzene rings is 1. The van der Waals surface area contributed by atoms with Gasteiger partial charge >= 0.3 is 6.03 Å². The quantitative estimate of drug-likeness (QED) is 0.693. The van der Waals surface area contributed by atoms with E-state index in [1.165, 1.54) is 4.31 Å². The number of thiophene rings is 1. The minimum atomic E-state index is -3.46. The Bertz CT molecular complexity index is 848. The first kappa shape index (κ1) is 20.7. The molecule has 2 N–H and O–H groups in total. The standard InChI is InChI=1S/C17H22ClN3O3S2/c1-3-21(4-2)26(23,24)16-10-9-14(25-16)12-20-17(22)19-11-13-7-5-6-8-15(13)18/h5-10H,3-4,11-12H2,1-2H3,(H2,19,20,22). The summed E-state index contributed by atoms with van der Waals surface area (Å²) in [5.41, 5.74) is 0.827. The van der Waals surface area contributed by atoms with E-state index < -0.39 is 10.0 Å². The first-order valence-electron chi connectivity index (χ1n) is 8.22. The number of sulfonamides is 1. The lowest BCUT2D eigenvalue weighted by molar-refractivity contribution is 0.240. The van der Waals surface area contributed by atoms with E-state index in [-0.39, 0.29) is 16.8 Å². The molecule has 0 bridgehead atoms. The molecule has 2 aromatic rings. The maximum absolute atomic E-state index is 12.5. The van der Waals surface area contributed by atoms with Gasteiger partial charge in [-0.2, -0.15) is 4.31 Å². The van der Waals surface area contributed by atoms with Crippen molar-refractivity contribution < 1.29 is 13.2 Å². The SMILES string of the molecule is CCN(CC)S(=O)(=O)c1ccc(CNC(=O)NCc2ccccc2Cl)s1. The van der Waals surface area contributed by atoms with E-state index in [1.807, 2.05) is 18.2 Å². The second-order valence-corrected chi connectivity index (χ2v) is 9.18. The molecule has 6 nitrogen and oxygen atoms in total. The lowest BCUT2D eigenvalue weighted by Crippen LogP contribution is -2.34. The van der Waals surface area contributed by atoms with Crippen LogP contribution in [0.2, 0.25) is 5.02 Å². The van der Waals surface area contributed by atoms with Gasteiger partial charge in [-0.1, -0.05) is 43.6 Å². The monoisotopic (exact) mass is 415 g/mol. The van der Waals surface area contributed by atoms with Gasteiger partial charge in [0.25, 0.3) is 10.0 Å². The Balaban J connectivity index is 1.89. The van der Waals surface area contributed by atoms with E-state index in [1.54, 1.807) is 32.0 Å². The molecular weight excluding hydrogens is 394 g/mol. The summed E-state index contributed by atoms with van der Waals surface area (Å²) in [6.07, 6.45) is 0. The molecule has 2 amide bonds. The second-order valence-electron chi connectivity index (χ2n) is 5.44. The number of urea groups is 1. The molecule has 1 heterocycles. The van der Waals surface area contributed by atoms with Crippen molar-refractivity contribution in [2.24, 2.45) is 0 Å². The van der Waals surface area contributed by atoms with E-state index in [9.17, 15) is 13.2 Å². The number of hydrogen-bond donors (Lipinski definition) is 2. The van der Waals surface area contributed by atoms with Crippen LogP contribution in [0.5, 0.6) is 0 Å². The van der Waals surface area contributed by atoms with Crippen LogP contribution >= 0.6 is 22.9 Å². The highest BCUT2D eigenvalue weighted by Crippen LogP contribution is 2.24. The van der Waals surface area contributed by atoms with Crippen molar-refractivity contribution in [1.82, 2.24) is 14.9 Å². The molecule has 1 aromatic carbocycles. The Morgan fingerprint density at radius 1 is 1.08 bits per heavy atom. The summed E-state index contributed by atoms with van der Waals surface area (Å²) in [5, 5.41) is 6.04. The van der Waals surface area contributed by atoms with Crippen LogP contribution in [0.25, 0.3) is 0 Å². The van der Waals surface area contributed by atoms with Crippen LogP contribution in [-0.2, 0) is 23.1 Å². The molecule has 0 fully saturated rings. The molecule has 0 unspecified atom stereocenters. The molecule has 0 aliphatic rings. The molecule has 9 heteroatoms. The Kier molecular flexibility index (Phi) is 7.45. The fourth-order valence-electron chi connectivity index (χ4n) is 2.33. The molecule has 0 atom stereocenters. The van der Waals surface area contributed by atoms with Crippen molar-refractivity contribution in [3.8, 4) is 0 Å². The maximum Gasteiger partial charge on any atom is 0.315 e. The lowest BCUT2D eigenvalue weighted by Gasteiger charge is -2.16. The third-order valence-corrected chi connectivity index (χ3v) is 7.73. The number of nitrogens with zero attached hydrogens (tertiary/aromatic N) is 1. The number of carbonyl (C=O) groups excluding carboxylic acids is 1. The Morgan fingerprint density at radius 3 is 2.38 bits per heavy atom. The molecule has 0 aliphatic heterocycles. The Morgan fingerprint density at radius 2 is 1.73 bits per heavy atom. The summed E-state index contributed by atoms with van der Waals surface area (Å²) in [7, 11) is -3.46. The van der Waals surface area contributed by atoms with E-state index in [4.69, 9.17) is 11.6 Å². The normalized spacial score (nSPS) is 11.5. The van der Waals surface area contributed by atoms with Crippen LogP contribution in [0.1, 0.15) is 24.3 Å². The number of carbonyl (C=O) groups is 1. The molecule has 142 valence electrons.